The summed E-state index contributed by atoms with van der Waals surface area (Å²) in [5.74, 6) is -2.79. The third kappa shape index (κ3) is 6.39. The van der Waals surface area contributed by atoms with Gasteiger partial charge >= 0.3 is 6.18 Å². The molecular formula is C28H28F5N5O4. The summed E-state index contributed by atoms with van der Waals surface area (Å²) in [5.41, 5.74) is -0.168. The highest BCUT2D eigenvalue weighted by Gasteiger charge is 2.37. The number of likely N-dealkylation sites (tertiary alicyclic amines) is 1. The van der Waals surface area contributed by atoms with Crippen LogP contribution >= 0.6 is 0 Å². The number of anilines is 2. The SMILES string of the molecule is COc1cc(C(=O)N[C@@H]2CCN(C)C[C@H]2F)c(F)cc1Nc1ncc(C(F)(F)F)c(Oc2cccc3c2COCC3)n1. The van der Waals surface area contributed by atoms with Crippen LogP contribution in [0.4, 0.5) is 33.6 Å². The van der Waals surface area contributed by atoms with Gasteiger partial charge in [0.05, 0.1) is 37.6 Å². The number of hydrogen-bond acceptors (Lipinski definition) is 8. The second-order valence-corrected chi connectivity index (χ2v) is 10.0. The summed E-state index contributed by atoms with van der Waals surface area (Å²) in [5, 5.41) is 5.16. The number of benzene rings is 2. The van der Waals surface area contributed by atoms with Gasteiger partial charge < -0.3 is 29.7 Å². The molecule has 0 aliphatic carbocycles. The lowest BCUT2D eigenvalue weighted by molar-refractivity contribution is -0.139. The van der Waals surface area contributed by atoms with Crippen molar-refractivity contribution in [1.29, 1.82) is 0 Å². The minimum Gasteiger partial charge on any atom is -0.495 e. The number of halogens is 5. The van der Waals surface area contributed by atoms with E-state index >= 15 is 4.39 Å². The Kier molecular flexibility index (Phi) is 8.45. The number of nitrogens with one attached hydrogen (secondary N) is 2. The van der Waals surface area contributed by atoms with Crippen LogP contribution in [0.25, 0.3) is 0 Å². The van der Waals surface area contributed by atoms with E-state index in [1.807, 2.05) is 6.07 Å². The van der Waals surface area contributed by atoms with Crippen molar-refractivity contribution in [2.24, 2.45) is 0 Å². The van der Waals surface area contributed by atoms with Gasteiger partial charge in [-0.3, -0.25) is 4.79 Å². The molecule has 0 radical (unpaired) electrons. The summed E-state index contributed by atoms with van der Waals surface area (Å²) in [6, 6.07) is 6.27. The van der Waals surface area contributed by atoms with Crippen LogP contribution in [0.15, 0.2) is 36.5 Å². The molecule has 0 unspecified atom stereocenters. The number of carbonyl (C=O) groups is 1. The number of nitrogens with zero attached hydrogens (tertiary/aromatic N) is 3. The number of amides is 1. The van der Waals surface area contributed by atoms with Crippen molar-refractivity contribution in [3.63, 3.8) is 0 Å². The predicted octanol–water partition coefficient (Wildman–Crippen LogP) is 5.02. The number of piperidine rings is 1. The molecule has 1 aromatic heterocycles. The standard InChI is InChI=1S/C28H28F5N5O4/c1-38-8-6-21(20(30)13-38)35-25(39)16-10-24(40-2)22(11-19(16)29)36-27-34-12-18(28(31,32)33)26(37-27)42-23-5-3-4-15-7-9-41-14-17(15)23/h3-5,10-12,20-21H,6-9,13-14H2,1-2H3,(H,35,39)(H,34,36,37)/t20-,21-/m1/s1. The average molecular weight is 594 g/mol. The molecule has 3 aromatic rings. The lowest BCUT2D eigenvalue weighted by Gasteiger charge is -2.32. The van der Waals surface area contributed by atoms with Gasteiger partial charge in [-0.15, -0.1) is 0 Å². The normalized spacial score (nSPS) is 19.1. The summed E-state index contributed by atoms with van der Waals surface area (Å²) in [6.07, 6.45) is -4.65. The Morgan fingerprint density at radius 1 is 1.21 bits per heavy atom. The molecule has 2 aliphatic rings. The van der Waals surface area contributed by atoms with Crippen molar-refractivity contribution in [2.45, 2.75) is 37.8 Å². The van der Waals surface area contributed by atoms with Crippen molar-refractivity contribution in [3.05, 3.63) is 64.6 Å². The van der Waals surface area contributed by atoms with Crippen LogP contribution in [-0.4, -0.2) is 66.8 Å². The highest BCUT2D eigenvalue weighted by Crippen LogP contribution is 2.39. The predicted molar refractivity (Wildman–Crippen MR) is 141 cm³/mol. The first kappa shape index (κ1) is 29.5. The molecule has 0 spiro atoms. The van der Waals surface area contributed by atoms with Crippen molar-refractivity contribution in [2.75, 3.05) is 39.2 Å². The van der Waals surface area contributed by atoms with Crippen LogP contribution in [0.1, 0.15) is 33.5 Å². The van der Waals surface area contributed by atoms with E-state index in [0.29, 0.717) is 37.8 Å². The molecule has 2 aliphatic heterocycles. The maximum atomic E-state index is 15.1. The Bertz CT molecular complexity index is 1470. The highest BCUT2D eigenvalue weighted by molar-refractivity contribution is 5.96. The summed E-state index contributed by atoms with van der Waals surface area (Å²) in [4.78, 5) is 22.2. The molecular weight excluding hydrogens is 565 g/mol. The Labute approximate surface area is 238 Å². The fourth-order valence-corrected chi connectivity index (χ4v) is 4.84. The number of rotatable bonds is 7. The quantitative estimate of drug-likeness (QED) is 0.369. The molecule has 2 atom stereocenters. The second-order valence-electron chi connectivity index (χ2n) is 10.0. The molecule has 14 heteroatoms. The summed E-state index contributed by atoms with van der Waals surface area (Å²) in [6.45, 7) is 1.36. The van der Waals surface area contributed by atoms with Crippen molar-refractivity contribution in [1.82, 2.24) is 20.2 Å². The average Bonchev–Trinajstić information content (AvgIpc) is 2.94. The van der Waals surface area contributed by atoms with Gasteiger partial charge in [0.1, 0.15) is 29.1 Å². The summed E-state index contributed by atoms with van der Waals surface area (Å²) >= 11 is 0. The van der Waals surface area contributed by atoms with Crippen molar-refractivity contribution < 1.29 is 41.0 Å². The molecule has 2 N–H and O–H groups in total. The van der Waals surface area contributed by atoms with Gasteiger partial charge in [-0.2, -0.15) is 18.2 Å². The Morgan fingerprint density at radius 2 is 2.02 bits per heavy atom. The van der Waals surface area contributed by atoms with Crippen LogP contribution in [0.5, 0.6) is 17.4 Å². The van der Waals surface area contributed by atoms with E-state index in [2.05, 4.69) is 20.6 Å². The van der Waals surface area contributed by atoms with E-state index in [0.717, 1.165) is 17.7 Å². The minimum absolute atomic E-state index is 0.0260. The van der Waals surface area contributed by atoms with E-state index in [1.54, 1.807) is 18.0 Å². The van der Waals surface area contributed by atoms with Gasteiger partial charge in [0.2, 0.25) is 11.8 Å². The Morgan fingerprint density at radius 3 is 2.76 bits per heavy atom. The number of hydrogen-bond donors (Lipinski definition) is 2. The largest absolute Gasteiger partial charge is 0.495 e. The number of fused-ring (bicyclic) bond motifs is 1. The Hall–Kier alpha value is -4.04. The van der Waals surface area contributed by atoms with Gasteiger partial charge in [-0.05, 0) is 37.6 Å². The number of methoxy groups -OCH3 is 1. The molecule has 3 heterocycles. The van der Waals surface area contributed by atoms with E-state index in [9.17, 15) is 22.4 Å². The van der Waals surface area contributed by atoms with Crippen LogP contribution in [0.3, 0.4) is 0 Å². The van der Waals surface area contributed by atoms with Crippen LogP contribution in [-0.2, 0) is 23.9 Å². The van der Waals surface area contributed by atoms with E-state index < -0.39 is 47.1 Å². The van der Waals surface area contributed by atoms with Gasteiger partial charge in [-0.25, -0.2) is 13.8 Å². The zero-order valence-corrected chi connectivity index (χ0v) is 22.7. The molecule has 9 nitrogen and oxygen atoms in total. The minimum atomic E-state index is -4.83. The third-order valence-electron chi connectivity index (χ3n) is 7.10. The molecule has 5 rings (SSSR count). The first-order valence-corrected chi connectivity index (χ1v) is 13.1. The fourth-order valence-electron chi connectivity index (χ4n) is 4.84. The molecule has 0 bridgehead atoms. The van der Waals surface area contributed by atoms with E-state index in [-0.39, 0.29) is 36.3 Å². The molecule has 0 saturated carbocycles. The summed E-state index contributed by atoms with van der Waals surface area (Å²) < 4.78 is 87.3. The first-order valence-electron chi connectivity index (χ1n) is 13.1. The number of ether oxygens (including phenoxy) is 3. The number of alkyl halides is 4. The van der Waals surface area contributed by atoms with Crippen LogP contribution in [0, 0.1) is 5.82 Å². The first-order chi connectivity index (χ1) is 20.0. The van der Waals surface area contributed by atoms with Gasteiger partial charge in [0, 0.05) is 30.9 Å². The van der Waals surface area contributed by atoms with Crippen LogP contribution < -0.4 is 20.1 Å². The second kappa shape index (κ2) is 12.1. The highest BCUT2D eigenvalue weighted by atomic mass is 19.4. The molecule has 1 saturated heterocycles. The lowest BCUT2D eigenvalue weighted by Crippen LogP contribution is -2.51. The van der Waals surface area contributed by atoms with Crippen LogP contribution in [0.2, 0.25) is 0 Å². The molecule has 1 fully saturated rings. The van der Waals surface area contributed by atoms with Crippen molar-refractivity contribution in [3.8, 4) is 17.4 Å². The lowest BCUT2D eigenvalue weighted by atomic mass is 10.0. The topological polar surface area (TPSA) is 97.8 Å². The van der Waals surface area contributed by atoms with E-state index in [1.165, 1.54) is 13.2 Å². The zero-order valence-electron chi connectivity index (χ0n) is 22.7. The van der Waals surface area contributed by atoms with Gasteiger partial charge in [0.25, 0.3) is 5.91 Å². The molecule has 42 heavy (non-hydrogen) atoms. The smallest absolute Gasteiger partial charge is 0.423 e. The maximum absolute atomic E-state index is 15.1. The number of carbonyl (C=O) groups excluding carboxylic acids is 1. The number of aromatic nitrogens is 2. The monoisotopic (exact) mass is 593 g/mol. The Balaban J connectivity index is 1.41. The van der Waals surface area contributed by atoms with Crippen molar-refractivity contribution >= 4 is 17.5 Å². The van der Waals surface area contributed by atoms with E-state index in [4.69, 9.17) is 14.2 Å². The molecule has 2 aromatic carbocycles. The zero-order chi connectivity index (χ0) is 30.0. The molecule has 1 amide bonds. The fraction of sp³-hybridized carbons (Fsp3) is 0.393. The summed E-state index contributed by atoms with van der Waals surface area (Å²) in [7, 11) is 3.03. The van der Waals surface area contributed by atoms with Gasteiger partial charge in [0.15, 0.2) is 0 Å². The van der Waals surface area contributed by atoms with Gasteiger partial charge in [-0.1, -0.05) is 12.1 Å². The maximum Gasteiger partial charge on any atom is 0.423 e. The third-order valence-corrected chi connectivity index (χ3v) is 7.10. The molecule has 224 valence electrons.